The predicted molar refractivity (Wildman–Crippen MR) is 157 cm³/mol. The van der Waals surface area contributed by atoms with E-state index in [0.717, 1.165) is 38.2 Å². The Morgan fingerprint density at radius 3 is 2.48 bits per heavy atom. The average Bonchev–Trinajstić information content (AvgIpc) is 3.49. The molecule has 0 spiro atoms. The number of carbonyl (C=O) groups excluding carboxylic acids is 2. The number of carbonyl (C=O) groups is 3. The van der Waals surface area contributed by atoms with E-state index in [9.17, 15) is 29.5 Å². The lowest BCUT2D eigenvalue weighted by Gasteiger charge is -2.23. The van der Waals surface area contributed by atoms with Crippen LogP contribution in [0.15, 0.2) is 38.5 Å². The first kappa shape index (κ1) is 29.9. The van der Waals surface area contributed by atoms with Crippen LogP contribution in [0.2, 0.25) is 0 Å². The van der Waals surface area contributed by atoms with Crippen molar-refractivity contribution < 1.29 is 34.2 Å². The van der Waals surface area contributed by atoms with Crippen molar-refractivity contribution in [2.24, 2.45) is 5.92 Å². The summed E-state index contributed by atoms with van der Waals surface area (Å²) >= 11 is 8.13. The monoisotopic (exact) mass is 623 g/mol. The normalized spacial score (nSPS) is 18.1. The summed E-state index contributed by atoms with van der Waals surface area (Å²) < 4.78 is 11.7. The number of aliphatic carboxylic acids is 1. The lowest BCUT2D eigenvalue weighted by Crippen LogP contribution is -2.35. The quantitative estimate of drug-likeness (QED) is 0.253. The number of rotatable bonds is 8. The maximum atomic E-state index is 13.5. The van der Waals surface area contributed by atoms with Gasteiger partial charge in [0.25, 0.3) is 11.5 Å². The van der Waals surface area contributed by atoms with E-state index in [1.165, 1.54) is 11.8 Å². The highest BCUT2D eigenvalue weighted by Gasteiger charge is 2.34. The SMILES string of the molecule is CCOC(=O)CN1/C(=C(/C=c2/s/c(=C3\SC(=S)N(O)C3=O)n(CC(=O)O)c2=O)C(C)C)Sc2ccc(OC)cc21. The Balaban J connectivity index is 1.97. The lowest BCUT2D eigenvalue weighted by atomic mass is 10.0. The van der Waals surface area contributed by atoms with Crippen LogP contribution >= 0.6 is 47.1 Å². The van der Waals surface area contributed by atoms with Crippen LogP contribution in [0.1, 0.15) is 20.8 Å². The molecule has 0 bridgehead atoms. The van der Waals surface area contributed by atoms with Gasteiger partial charge in [0.05, 0.1) is 29.0 Å². The number of thiocarbonyl (C=S) groups is 1. The molecule has 4 rings (SSSR count). The molecule has 2 aromatic rings. The number of ether oxygens (including phenoxy) is 2. The maximum Gasteiger partial charge on any atom is 0.325 e. The van der Waals surface area contributed by atoms with Crippen LogP contribution in [0.3, 0.4) is 0 Å². The lowest BCUT2D eigenvalue weighted by molar-refractivity contribution is -0.141. The number of esters is 1. The fraction of sp³-hybridized carbons (Fsp3) is 0.320. The van der Waals surface area contributed by atoms with E-state index < -0.39 is 29.9 Å². The average molecular weight is 624 g/mol. The standard InChI is InChI=1S/C25H25N3O8S4/c1-5-36-19(31)11-26-15-8-13(35-4)6-7-16(15)38-23(26)14(12(2)3)9-17-21(32)27(10-18(29)30)24(39-17)20-22(33)28(34)25(37)40-20/h6-9,12,34H,5,10-11H2,1-4H3,(H,29,30)/b17-9+,23-14+,24-20-. The summed E-state index contributed by atoms with van der Waals surface area (Å²) in [4.78, 5) is 52.9. The number of carboxylic acid groups (broad SMARTS) is 1. The van der Waals surface area contributed by atoms with Crippen LogP contribution in [-0.2, 0) is 25.7 Å². The number of carboxylic acids is 1. The zero-order valence-corrected chi connectivity index (χ0v) is 25.1. The van der Waals surface area contributed by atoms with Crippen molar-refractivity contribution in [3.8, 4) is 5.75 Å². The Hall–Kier alpha value is -3.11. The summed E-state index contributed by atoms with van der Waals surface area (Å²) in [6, 6.07) is 5.52. The number of allylic oxidation sites excluding steroid dienone is 1. The number of anilines is 1. The van der Waals surface area contributed by atoms with Gasteiger partial charge in [-0.15, -0.1) is 11.3 Å². The fourth-order valence-electron chi connectivity index (χ4n) is 3.97. The van der Waals surface area contributed by atoms with Gasteiger partial charge in [0.2, 0.25) is 0 Å². The van der Waals surface area contributed by atoms with Gasteiger partial charge < -0.3 is 19.5 Å². The molecule has 0 radical (unpaired) electrons. The summed E-state index contributed by atoms with van der Waals surface area (Å²) in [5, 5.41) is 20.4. The molecule has 1 aromatic carbocycles. The zero-order chi connectivity index (χ0) is 29.3. The number of hydrogen-bond acceptors (Lipinski definition) is 12. The third-order valence-electron chi connectivity index (χ3n) is 5.80. The smallest absolute Gasteiger partial charge is 0.325 e. The van der Waals surface area contributed by atoms with Gasteiger partial charge in [0.1, 0.15) is 28.4 Å². The van der Waals surface area contributed by atoms with Gasteiger partial charge in [0.15, 0.2) is 4.32 Å². The second-order valence-electron chi connectivity index (χ2n) is 8.76. The molecule has 0 atom stereocenters. The summed E-state index contributed by atoms with van der Waals surface area (Å²) in [6.45, 7) is 5.05. The van der Waals surface area contributed by atoms with Gasteiger partial charge in [-0.2, -0.15) is 5.06 Å². The Morgan fingerprint density at radius 2 is 1.90 bits per heavy atom. The first-order valence-electron chi connectivity index (χ1n) is 11.9. The summed E-state index contributed by atoms with van der Waals surface area (Å²) in [5.41, 5.74) is 0.851. The van der Waals surface area contributed by atoms with E-state index in [1.807, 2.05) is 36.9 Å². The number of thiazole rings is 1. The van der Waals surface area contributed by atoms with Crippen LogP contribution in [0.5, 0.6) is 5.75 Å². The van der Waals surface area contributed by atoms with Crippen molar-refractivity contribution in [2.45, 2.75) is 32.2 Å². The molecule has 40 heavy (non-hydrogen) atoms. The van der Waals surface area contributed by atoms with Crippen LogP contribution in [0.4, 0.5) is 5.69 Å². The van der Waals surface area contributed by atoms with Gasteiger partial charge in [-0.1, -0.05) is 25.6 Å². The molecular weight excluding hydrogens is 599 g/mol. The van der Waals surface area contributed by atoms with E-state index in [4.69, 9.17) is 21.7 Å². The number of methoxy groups -OCH3 is 1. The highest BCUT2D eigenvalue weighted by atomic mass is 32.2. The minimum absolute atomic E-state index is 0.0343. The third-order valence-corrected chi connectivity index (χ3v) is 9.62. The van der Waals surface area contributed by atoms with Crippen molar-refractivity contribution in [2.75, 3.05) is 25.2 Å². The van der Waals surface area contributed by atoms with Crippen molar-refractivity contribution in [1.29, 1.82) is 0 Å². The molecule has 2 aliphatic rings. The Labute approximate surface area is 246 Å². The zero-order valence-electron chi connectivity index (χ0n) is 21.8. The highest BCUT2D eigenvalue weighted by Crippen LogP contribution is 2.49. The van der Waals surface area contributed by atoms with Crippen LogP contribution in [-0.4, -0.2) is 62.4 Å². The van der Waals surface area contributed by atoms with E-state index in [0.29, 0.717) is 21.4 Å². The highest BCUT2D eigenvalue weighted by molar-refractivity contribution is 8.30. The molecule has 0 aliphatic carbocycles. The number of nitrogens with zero attached hydrogens (tertiary/aromatic N) is 3. The van der Waals surface area contributed by atoms with Crippen LogP contribution in [0, 0.1) is 5.92 Å². The first-order valence-corrected chi connectivity index (χ1v) is 14.8. The van der Waals surface area contributed by atoms with Gasteiger partial charge in [-0.25, -0.2) is 0 Å². The number of fused-ring (bicyclic) bond motifs is 1. The number of benzene rings is 1. The topological polar surface area (TPSA) is 139 Å². The number of amides is 1. The number of hydrogen-bond donors (Lipinski definition) is 2. The molecule has 1 fully saturated rings. The molecule has 3 heterocycles. The van der Waals surface area contributed by atoms with E-state index in [1.54, 1.807) is 20.1 Å². The Morgan fingerprint density at radius 1 is 1.18 bits per heavy atom. The summed E-state index contributed by atoms with van der Waals surface area (Å²) in [7, 11) is 1.55. The van der Waals surface area contributed by atoms with Crippen molar-refractivity contribution in [3.63, 3.8) is 0 Å². The van der Waals surface area contributed by atoms with Gasteiger partial charge in [-0.05, 0) is 60.6 Å². The minimum atomic E-state index is -1.27. The number of thioether (sulfide) groups is 2. The Bertz CT molecular complexity index is 1620. The van der Waals surface area contributed by atoms with Gasteiger partial charge >= 0.3 is 11.9 Å². The summed E-state index contributed by atoms with van der Waals surface area (Å²) in [6.07, 6.45) is 1.66. The van der Waals surface area contributed by atoms with Crippen LogP contribution < -0.4 is 24.4 Å². The first-order chi connectivity index (χ1) is 19.0. The van der Waals surface area contributed by atoms with E-state index in [2.05, 4.69) is 0 Å². The molecule has 15 heteroatoms. The second-order valence-corrected chi connectivity index (χ2v) is 12.5. The molecule has 0 saturated carbocycles. The molecule has 212 valence electrons. The van der Waals surface area contributed by atoms with Gasteiger partial charge in [-0.3, -0.25) is 29.0 Å². The van der Waals surface area contributed by atoms with E-state index in [-0.39, 0.29) is 37.5 Å². The second kappa shape index (κ2) is 12.2. The Kier molecular flexibility index (Phi) is 9.09. The molecule has 1 aromatic heterocycles. The maximum absolute atomic E-state index is 13.5. The fourth-order valence-corrected chi connectivity index (χ4v) is 7.60. The van der Waals surface area contributed by atoms with Gasteiger partial charge in [0, 0.05) is 11.0 Å². The molecule has 1 amide bonds. The molecule has 11 nitrogen and oxygen atoms in total. The number of aromatic nitrogens is 1. The molecular formula is C25H25N3O8S4. The minimum Gasteiger partial charge on any atom is -0.497 e. The van der Waals surface area contributed by atoms with E-state index >= 15 is 0 Å². The molecule has 2 aliphatic heterocycles. The van der Waals surface area contributed by atoms with Crippen LogP contribution in [0.25, 0.3) is 11.0 Å². The largest absolute Gasteiger partial charge is 0.497 e. The van der Waals surface area contributed by atoms with Crippen molar-refractivity contribution in [1.82, 2.24) is 9.63 Å². The summed E-state index contributed by atoms with van der Waals surface area (Å²) in [5.74, 6) is -2.06. The third kappa shape index (κ3) is 5.83. The number of hydroxylamine groups is 2. The molecule has 2 N–H and O–H groups in total. The van der Waals surface area contributed by atoms with Crippen molar-refractivity contribution in [3.05, 3.63) is 48.4 Å². The molecule has 0 unspecified atom stereocenters. The van der Waals surface area contributed by atoms with Crippen molar-refractivity contribution >= 4 is 85.9 Å². The predicted octanol–water partition coefficient (Wildman–Crippen LogP) is 2.18. The molecule has 1 saturated heterocycles.